The van der Waals surface area contributed by atoms with Gasteiger partial charge in [0.1, 0.15) is 24.2 Å². The van der Waals surface area contributed by atoms with Gasteiger partial charge in [-0.3, -0.25) is 29.0 Å². The van der Waals surface area contributed by atoms with Crippen molar-refractivity contribution < 1.29 is 33.9 Å². The number of amides is 5. The maximum Gasteiger partial charge on any atom is 0.326 e. The van der Waals surface area contributed by atoms with E-state index < -0.39 is 65.7 Å². The van der Waals surface area contributed by atoms with Gasteiger partial charge < -0.3 is 48.9 Å². The predicted octanol–water partition coefficient (Wildman–Crippen LogP) is -2.57. The Balaban J connectivity index is 2.23. The first kappa shape index (κ1) is 35.5. The van der Waals surface area contributed by atoms with Crippen molar-refractivity contribution in [2.45, 2.75) is 82.1 Å². The SMILES string of the molecule is C[C@H](N)C(=O)N1CCC[C@H]1C(=O)N[C@@H](CCC(N)=O)C(=O)N[C@@H](CCCN=C(N)N)C(=O)N[C@@H](Cc1ccccc1)C(=O)O. The normalized spacial score (nSPS) is 17.0. The van der Waals surface area contributed by atoms with E-state index in [1.165, 1.54) is 11.8 Å². The van der Waals surface area contributed by atoms with Gasteiger partial charge in [-0.1, -0.05) is 30.3 Å². The minimum absolute atomic E-state index is 0.00804. The number of nitrogens with two attached hydrogens (primary N) is 4. The van der Waals surface area contributed by atoms with Crippen molar-refractivity contribution in [3.05, 3.63) is 35.9 Å². The number of guanidine groups is 1. The highest BCUT2D eigenvalue weighted by Crippen LogP contribution is 2.19. The highest BCUT2D eigenvalue weighted by atomic mass is 16.4. The molecule has 0 spiro atoms. The molecule has 1 aromatic rings. The molecule has 16 heteroatoms. The second kappa shape index (κ2) is 17.4. The lowest BCUT2D eigenvalue weighted by molar-refractivity contribution is -0.142. The Morgan fingerprint density at radius 2 is 1.57 bits per heavy atom. The molecule has 242 valence electrons. The van der Waals surface area contributed by atoms with Gasteiger partial charge in [0.25, 0.3) is 0 Å². The second-order valence-electron chi connectivity index (χ2n) is 10.6. The van der Waals surface area contributed by atoms with Crippen LogP contribution in [0.15, 0.2) is 35.3 Å². The molecule has 1 aromatic carbocycles. The van der Waals surface area contributed by atoms with Gasteiger partial charge in [0.05, 0.1) is 6.04 Å². The standard InChI is InChI=1S/C28H43N9O7/c1-16(29)26(42)37-14-6-10-21(37)25(41)35-19(11-12-22(30)38)24(40)34-18(9-5-13-33-28(31)32)23(39)36-20(27(43)44)15-17-7-3-2-4-8-17/h2-4,7-8,16,18-21H,5-6,9-15,29H2,1H3,(H2,30,38)(H,34,40)(H,35,41)(H,36,39)(H,43,44)(H4,31,32,33)/t16-,18-,19-,20-,21-/m0/s1. The van der Waals surface area contributed by atoms with Crippen molar-refractivity contribution in [1.82, 2.24) is 20.9 Å². The molecule has 0 radical (unpaired) electrons. The van der Waals surface area contributed by atoms with Crippen LogP contribution in [0.4, 0.5) is 0 Å². The molecule has 0 aliphatic carbocycles. The van der Waals surface area contributed by atoms with E-state index >= 15 is 0 Å². The molecule has 1 fully saturated rings. The predicted molar refractivity (Wildman–Crippen MR) is 160 cm³/mol. The van der Waals surface area contributed by atoms with Crippen LogP contribution in [0.1, 0.15) is 51.0 Å². The molecule has 1 aliphatic heterocycles. The van der Waals surface area contributed by atoms with Gasteiger partial charge in [-0.05, 0) is 44.6 Å². The highest BCUT2D eigenvalue weighted by molar-refractivity contribution is 5.95. The summed E-state index contributed by atoms with van der Waals surface area (Å²) in [5.74, 6) is -4.78. The lowest BCUT2D eigenvalue weighted by atomic mass is 10.0. The number of rotatable bonds is 17. The minimum Gasteiger partial charge on any atom is -0.480 e. The molecule has 0 saturated carbocycles. The van der Waals surface area contributed by atoms with Gasteiger partial charge in [-0.2, -0.15) is 0 Å². The summed E-state index contributed by atoms with van der Waals surface area (Å²) in [7, 11) is 0. The lowest BCUT2D eigenvalue weighted by Gasteiger charge is -2.28. The van der Waals surface area contributed by atoms with Gasteiger partial charge in [-0.25, -0.2) is 4.79 Å². The fraction of sp³-hybridized carbons (Fsp3) is 0.536. The molecule has 5 amide bonds. The number of likely N-dealkylation sites (tertiary alicyclic amines) is 1. The smallest absolute Gasteiger partial charge is 0.326 e. The minimum atomic E-state index is -1.30. The monoisotopic (exact) mass is 617 g/mol. The average Bonchev–Trinajstić information content (AvgIpc) is 3.46. The van der Waals surface area contributed by atoms with Crippen LogP contribution in [0.2, 0.25) is 0 Å². The first-order valence-corrected chi connectivity index (χ1v) is 14.4. The van der Waals surface area contributed by atoms with E-state index in [9.17, 15) is 33.9 Å². The maximum atomic E-state index is 13.5. The number of primary amides is 1. The third kappa shape index (κ3) is 11.5. The number of benzene rings is 1. The van der Waals surface area contributed by atoms with E-state index in [4.69, 9.17) is 22.9 Å². The molecule has 1 saturated heterocycles. The highest BCUT2D eigenvalue weighted by Gasteiger charge is 2.37. The van der Waals surface area contributed by atoms with E-state index in [-0.39, 0.29) is 44.6 Å². The lowest BCUT2D eigenvalue weighted by Crippen LogP contribution is -2.58. The Morgan fingerprint density at radius 3 is 2.14 bits per heavy atom. The Kier molecular flexibility index (Phi) is 14.0. The Hall–Kier alpha value is -4.73. The molecule has 1 aliphatic rings. The summed E-state index contributed by atoms with van der Waals surface area (Å²) >= 11 is 0. The number of nitrogens with one attached hydrogen (secondary N) is 3. The van der Waals surface area contributed by atoms with E-state index in [1.807, 2.05) is 0 Å². The van der Waals surface area contributed by atoms with Crippen LogP contribution < -0.4 is 38.9 Å². The topological polar surface area (TPSA) is 278 Å². The zero-order valence-corrected chi connectivity index (χ0v) is 24.7. The van der Waals surface area contributed by atoms with Crippen LogP contribution in [0.25, 0.3) is 0 Å². The number of aliphatic carboxylic acids is 1. The average molecular weight is 618 g/mol. The van der Waals surface area contributed by atoms with Gasteiger partial charge in [-0.15, -0.1) is 0 Å². The third-order valence-electron chi connectivity index (χ3n) is 7.02. The summed E-state index contributed by atoms with van der Waals surface area (Å²) < 4.78 is 0. The zero-order chi connectivity index (χ0) is 32.8. The van der Waals surface area contributed by atoms with Gasteiger partial charge >= 0.3 is 5.97 Å². The van der Waals surface area contributed by atoms with Crippen molar-refractivity contribution in [2.75, 3.05) is 13.1 Å². The van der Waals surface area contributed by atoms with Crippen molar-refractivity contribution >= 4 is 41.5 Å². The Labute approximate surface area is 255 Å². The van der Waals surface area contributed by atoms with E-state index in [2.05, 4.69) is 20.9 Å². The van der Waals surface area contributed by atoms with Gasteiger partial charge in [0, 0.05) is 25.9 Å². The molecule has 16 nitrogen and oxygen atoms in total. The number of hydrogen-bond acceptors (Lipinski definition) is 8. The quantitative estimate of drug-likeness (QED) is 0.0513. The van der Waals surface area contributed by atoms with Crippen LogP contribution in [0, 0.1) is 0 Å². The van der Waals surface area contributed by atoms with Gasteiger partial charge in [0.15, 0.2) is 5.96 Å². The molecule has 44 heavy (non-hydrogen) atoms. The number of carbonyl (C=O) groups excluding carboxylic acids is 5. The molecule has 0 aromatic heterocycles. The third-order valence-corrected chi connectivity index (χ3v) is 7.02. The summed E-state index contributed by atoms with van der Waals surface area (Å²) in [6.07, 6.45) is 0.706. The number of carbonyl (C=O) groups is 6. The fourth-order valence-corrected chi connectivity index (χ4v) is 4.75. The van der Waals surface area contributed by atoms with E-state index in [0.717, 1.165) is 0 Å². The molecule has 2 rings (SSSR count). The van der Waals surface area contributed by atoms with Gasteiger partial charge in [0.2, 0.25) is 29.5 Å². The summed E-state index contributed by atoms with van der Waals surface area (Å²) in [6, 6.07) is 3.14. The number of aliphatic imine (C=N–C) groups is 1. The summed E-state index contributed by atoms with van der Waals surface area (Å²) in [5.41, 5.74) is 22.4. The van der Waals surface area contributed by atoms with Crippen LogP contribution in [-0.2, 0) is 35.2 Å². The van der Waals surface area contributed by atoms with E-state index in [1.54, 1.807) is 30.3 Å². The molecular weight excluding hydrogens is 574 g/mol. The molecular formula is C28H43N9O7. The molecule has 5 atom stereocenters. The molecule has 1 heterocycles. The zero-order valence-electron chi connectivity index (χ0n) is 24.7. The molecule has 0 unspecified atom stereocenters. The fourth-order valence-electron chi connectivity index (χ4n) is 4.75. The molecule has 0 bridgehead atoms. The largest absolute Gasteiger partial charge is 0.480 e. The Morgan fingerprint density at radius 1 is 0.955 bits per heavy atom. The van der Waals surface area contributed by atoms with Crippen LogP contribution in [0.3, 0.4) is 0 Å². The van der Waals surface area contributed by atoms with Crippen molar-refractivity contribution in [2.24, 2.45) is 27.9 Å². The number of carboxylic acids is 1. The van der Waals surface area contributed by atoms with Crippen molar-refractivity contribution in [3.8, 4) is 0 Å². The first-order valence-electron chi connectivity index (χ1n) is 14.4. The number of hydrogen-bond donors (Lipinski definition) is 8. The first-order chi connectivity index (χ1) is 20.8. The van der Waals surface area contributed by atoms with Crippen molar-refractivity contribution in [1.29, 1.82) is 0 Å². The van der Waals surface area contributed by atoms with Crippen molar-refractivity contribution in [3.63, 3.8) is 0 Å². The summed E-state index contributed by atoms with van der Waals surface area (Å²) in [4.78, 5) is 81.2. The summed E-state index contributed by atoms with van der Waals surface area (Å²) in [6.45, 7) is 1.95. The summed E-state index contributed by atoms with van der Waals surface area (Å²) in [5, 5.41) is 17.4. The maximum absolute atomic E-state index is 13.5. The molecule has 12 N–H and O–H groups in total. The Bertz CT molecular complexity index is 1210. The second-order valence-corrected chi connectivity index (χ2v) is 10.6. The number of nitrogens with zero attached hydrogens (tertiary/aromatic N) is 2. The van der Waals surface area contributed by atoms with Crippen LogP contribution in [-0.4, -0.2) is 94.8 Å². The van der Waals surface area contributed by atoms with Crippen LogP contribution >= 0.6 is 0 Å². The van der Waals surface area contributed by atoms with E-state index in [0.29, 0.717) is 24.9 Å². The number of carboxylic acid groups (broad SMARTS) is 1. The van der Waals surface area contributed by atoms with Crippen LogP contribution in [0.5, 0.6) is 0 Å².